The highest BCUT2D eigenvalue weighted by molar-refractivity contribution is 7.47. The van der Waals surface area contributed by atoms with Crippen LogP contribution in [0.1, 0.15) is 432 Å². The molecule has 0 aromatic rings. The SMILES string of the molecule is CC/C=C\C/C=C\C/C=C\C/C=C\C/C=C\C/C=C\CCCCCCCCCCCCCCCCC(=O)OCC(O)COP(=O)(O)OCC(O)COP(=O)(O)OCC(COC(=O)CCCCCCCCCCCCCC/C=C\C/C=C\C/C=C\C/C=C\C/C=C\C/C=C\CC)OC(=O)CCCCCCCCCCCCCCCCC/C=C\C/C=C\C/C=C\C/C=C\C/C=C\CC. The summed E-state index contributed by atoms with van der Waals surface area (Å²) >= 11 is 0. The van der Waals surface area contributed by atoms with Gasteiger partial charge in [-0.05, 0) is 167 Å². The Kier molecular flexibility index (Phi) is 98.4. The van der Waals surface area contributed by atoms with Crippen LogP contribution < -0.4 is 0 Å². The number of carbonyl (C=O) groups excluding carboxylic acids is 3. The van der Waals surface area contributed by atoms with Crippen LogP contribution >= 0.6 is 15.6 Å². The molecule has 131 heavy (non-hydrogen) atoms. The van der Waals surface area contributed by atoms with Gasteiger partial charge in [0.25, 0.3) is 0 Å². The van der Waals surface area contributed by atoms with Crippen molar-refractivity contribution >= 4 is 33.6 Å². The summed E-state index contributed by atoms with van der Waals surface area (Å²) in [6.07, 6.45) is 140. The molecule has 0 saturated carbocycles. The number of ether oxygens (including phenoxy) is 3. The molecule has 0 amide bonds. The molecule has 0 radical (unpaired) electrons. The van der Waals surface area contributed by atoms with E-state index in [-0.39, 0.29) is 19.3 Å². The van der Waals surface area contributed by atoms with Crippen molar-refractivity contribution in [1.82, 2.24) is 0 Å². The van der Waals surface area contributed by atoms with E-state index in [9.17, 15) is 43.5 Å². The predicted octanol–water partition coefficient (Wildman–Crippen LogP) is 33.5. The van der Waals surface area contributed by atoms with Crippen LogP contribution in [0.3, 0.4) is 0 Å². The molecule has 18 heteroatoms. The number of hydrogen-bond acceptors (Lipinski definition) is 14. The number of hydrogen-bond donors (Lipinski definition) is 4. The third-order valence-corrected chi connectivity index (χ3v) is 23.9. The second-order valence-electron chi connectivity index (χ2n) is 34.6. The minimum absolute atomic E-state index is 0.0992. The summed E-state index contributed by atoms with van der Waals surface area (Å²) in [6.45, 7) is 2.40. The molecular weight excluding hydrogens is 1680 g/mol. The summed E-state index contributed by atoms with van der Waals surface area (Å²) in [5.74, 6) is -1.57. The third kappa shape index (κ3) is 104. The number of aliphatic hydroxyl groups excluding tert-OH is 2. The Morgan fingerprint density at radius 3 is 0.603 bits per heavy atom. The van der Waals surface area contributed by atoms with Gasteiger partial charge in [0, 0.05) is 19.3 Å². The molecule has 0 aromatic carbocycles. The van der Waals surface area contributed by atoms with Gasteiger partial charge in [-0.25, -0.2) is 9.13 Å². The first-order chi connectivity index (χ1) is 64.2. The molecule has 0 aliphatic heterocycles. The van der Waals surface area contributed by atoms with E-state index in [4.69, 9.17) is 32.3 Å². The van der Waals surface area contributed by atoms with Gasteiger partial charge in [-0.2, -0.15) is 0 Å². The molecule has 0 aliphatic rings. The first-order valence-corrected chi connectivity index (χ1v) is 55.4. The lowest BCUT2D eigenvalue weighted by Gasteiger charge is -2.21. The largest absolute Gasteiger partial charge is 0.472 e. The maximum Gasteiger partial charge on any atom is 0.472 e. The van der Waals surface area contributed by atoms with Gasteiger partial charge in [0.1, 0.15) is 25.4 Å². The van der Waals surface area contributed by atoms with Crippen LogP contribution in [0, 0.1) is 0 Å². The van der Waals surface area contributed by atoms with Crippen molar-refractivity contribution in [2.24, 2.45) is 0 Å². The minimum Gasteiger partial charge on any atom is -0.463 e. The molecule has 0 heterocycles. The number of aliphatic hydroxyl groups is 2. The van der Waals surface area contributed by atoms with E-state index in [1.54, 1.807) is 0 Å². The molecular formula is C113H190O16P2. The van der Waals surface area contributed by atoms with Crippen molar-refractivity contribution in [2.75, 3.05) is 39.6 Å². The molecule has 0 aliphatic carbocycles. The van der Waals surface area contributed by atoms with Crippen molar-refractivity contribution < 1.29 is 75.8 Å². The zero-order valence-electron chi connectivity index (χ0n) is 82.9. The summed E-state index contributed by atoms with van der Waals surface area (Å²) in [5, 5.41) is 20.8. The quantitative estimate of drug-likeness (QED) is 0.0146. The minimum atomic E-state index is -4.95. The number of carbonyl (C=O) groups is 3. The second kappa shape index (κ2) is 103. The standard InChI is InChI=1S/C113H190O16P2/c1-4-7-10-13-16-19-22-25-28-31-34-37-40-43-46-49-52-53-56-58-60-63-66-69-72-75-78-81-84-87-90-93-96-99-111(116)123-102-108(114)103-125-130(119,120)126-104-109(115)105-127-131(121,122)128-107-110(129-113(118)101-98-95-92-89-86-83-80-77-74-71-68-65-62-59-55-51-48-45-42-39-36-33-30-27-24-21-18-15-12-9-6-3)106-124-112(117)100-97-94-91-88-85-82-79-76-73-70-67-64-61-57-54-50-47-44-41-38-35-32-29-26-23-20-17-14-11-8-5-2/h7-12,16-21,25-30,34-39,43-48,52-54,57,108-110,114-115H,4-6,13-15,22-24,31-33,40-42,49-51,55-56,58-107H2,1-3H3,(H,119,120)(H,121,122)/b10-7-,11-8-,12-9-,19-16-,20-17-,21-18-,28-25-,29-26-,30-27-,37-34-,38-35-,39-36-,46-43-,47-44-,48-45-,53-52-,57-54-. The molecule has 0 saturated heterocycles. The van der Waals surface area contributed by atoms with Crippen molar-refractivity contribution in [3.05, 3.63) is 207 Å². The first-order valence-electron chi connectivity index (χ1n) is 52.4. The molecule has 0 aromatic heterocycles. The molecule has 0 rings (SSSR count). The topological polar surface area (TPSA) is 231 Å². The van der Waals surface area contributed by atoms with E-state index in [1.165, 1.54) is 173 Å². The molecule has 748 valence electrons. The van der Waals surface area contributed by atoms with Crippen LogP contribution in [0.2, 0.25) is 0 Å². The molecule has 0 fully saturated rings. The van der Waals surface area contributed by atoms with Gasteiger partial charge in [0.15, 0.2) is 6.10 Å². The van der Waals surface area contributed by atoms with Crippen LogP contribution in [0.15, 0.2) is 207 Å². The Bertz CT molecular complexity index is 3210. The van der Waals surface area contributed by atoms with Gasteiger partial charge in [-0.15, -0.1) is 0 Å². The first kappa shape index (κ1) is 125. The van der Waals surface area contributed by atoms with Gasteiger partial charge in [-0.3, -0.25) is 32.5 Å². The molecule has 0 bridgehead atoms. The van der Waals surface area contributed by atoms with Crippen molar-refractivity contribution in [2.45, 2.75) is 450 Å². The fraction of sp³-hybridized carbons (Fsp3) is 0.673. The van der Waals surface area contributed by atoms with E-state index < -0.39 is 91.5 Å². The van der Waals surface area contributed by atoms with Crippen LogP contribution in [0.5, 0.6) is 0 Å². The number of phosphoric ester groups is 2. The van der Waals surface area contributed by atoms with Gasteiger partial charge >= 0.3 is 33.6 Å². The number of unbranched alkanes of at least 4 members (excludes halogenated alkanes) is 41. The van der Waals surface area contributed by atoms with Crippen LogP contribution in [-0.4, -0.2) is 95.9 Å². The number of esters is 3. The van der Waals surface area contributed by atoms with Gasteiger partial charge in [-0.1, -0.05) is 452 Å². The number of rotatable bonds is 98. The maximum atomic E-state index is 13.1. The molecule has 0 spiro atoms. The van der Waals surface area contributed by atoms with Crippen molar-refractivity contribution in [3.63, 3.8) is 0 Å². The Morgan fingerprint density at radius 2 is 0.382 bits per heavy atom. The molecule has 16 nitrogen and oxygen atoms in total. The summed E-state index contributed by atoms with van der Waals surface area (Å²) in [4.78, 5) is 59.3. The summed E-state index contributed by atoms with van der Waals surface area (Å²) in [5.41, 5.74) is 0. The number of allylic oxidation sites excluding steroid dienone is 34. The molecule has 4 N–H and O–H groups in total. The lowest BCUT2D eigenvalue weighted by atomic mass is 10.0. The maximum absolute atomic E-state index is 13.1. The van der Waals surface area contributed by atoms with Gasteiger partial charge in [0.05, 0.1) is 26.4 Å². The highest BCUT2D eigenvalue weighted by atomic mass is 31.2. The zero-order chi connectivity index (χ0) is 95.0. The van der Waals surface area contributed by atoms with E-state index in [0.29, 0.717) is 19.3 Å². The van der Waals surface area contributed by atoms with Crippen molar-refractivity contribution in [3.8, 4) is 0 Å². The predicted molar refractivity (Wildman–Crippen MR) is 555 cm³/mol. The fourth-order valence-corrected chi connectivity index (χ4v) is 15.8. The number of phosphoric acid groups is 2. The van der Waals surface area contributed by atoms with E-state index in [0.717, 1.165) is 199 Å². The Hall–Kier alpha value is -5.87. The van der Waals surface area contributed by atoms with Crippen molar-refractivity contribution in [1.29, 1.82) is 0 Å². The van der Waals surface area contributed by atoms with Crippen LogP contribution in [0.25, 0.3) is 0 Å². The zero-order valence-corrected chi connectivity index (χ0v) is 84.7. The summed E-state index contributed by atoms with van der Waals surface area (Å²) < 4.78 is 61.8. The lowest BCUT2D eigenvalue weighted by Crippen LogP contribution is -2.30. The Balaban J connectivity index is 4.64. The molecule has 5 atom stereocenters. The highest BCUT2D eigenvalue weighted by Crippen LogP contribution is 2.45. The van der Waals surface area contributed by atoms with Crippen LogP contribution in [-0.2, 0) is 55.8 Å². The smallest absolute Gasteiger partial charge is 0.463 e. The summed E-state index contributed by atoms with van der Waals surface area (Å²) in [6, 6.07) is 0. The third-order valence-electron chi connectivity index (χ3n) is 22.0. The van der Waals surface area contributed by atoms with Crippen LogP contribution in [0.4, 0.5) is 0 Å². The average Bonchev–Trinajstić information content (AvgIpc) is 0.891. The fourth-order valence-electron chi connectivity index (χ4n) is 14.2. The van der Waals surface area contributed by atoms with E-state index in [1.807, 2.05) is 0 Å². The van der Waals surface area contributed by atoms with Gasteiger partial charge in [0.2, 0.25) is 0 Å². The van der Waals surface area contributed by atoms with E-state index in [2.05, 4.69) is 227 Å². The normalized spacial score (nSPS) is 14.5. The van der Waals surface area contributed by atoms with E-state index >= 15 is 0 Å². The Morgan fingerprint density at radius 1 is 0.214 bits per heavy atom. The Labute approximate surface area is 800 Å². The molecule has 5 unspecified atom stereocenters. The second-order valence-corrected chi connectivity index (χ2v) is 37.5. The van der Waals surface area contributed by atoms with Gasteiger partial charge < -0.3 is 34.2 Å². The average molecular weight is 1870 g/mol. The highest BCUT2D eigenvalue weighted by Gasteiger charge is 2.30. The monoisotopic (exact) mass is 1870 g/mol. The summed E-state index contributed by atoms with van der Waals surface area (Å²) in [7, 11) is -9.83. The lowest BCUT2D eigenvalue weighted by molar-refractivity contribution is -0.161.